The van der Waals surface area contributed by atoms with Crippen LogP contribution in [0.3, 0.4) is 0 Å². The summed E-state index contributed by atoms with van der Waals surface area (Å²) in [5.74, 6) is 9.23. The van der Waals surface area contributed by atoms with Crippen LogP contribution in [0, 0.1) is 58.7 Å². The summed E-state index contributed by atoms with van der Waals surface area (Å²) < 4.78 is 0. The average molecular weight is 421 g/mol. The fraction of sp³-hybridized carbons (Fsp3) is 1.00. The summed E-state index contributed by atoms with van der Waals surface area (Å²) in [6.45, 7) is 19.7. The minimum absolute atomic E-state index is 0.830. The summed E-state index contributed by atoms with van der Waals surface area (Å²) in [6.07, 6.45) is 13.6. The van der Waals surface area contributed by atoms with Gasteiger partial charge in [-0.1, -0.05) is 74.1 Å². The van der Waals surface area contributed by atoms with Crippen LogP contribution in [0.15, 0.2) is 0 Å². The minimum Gasteiger partial charge on any atom is -0.122 e. The Labute approximate surface area is 185 Å². The first-order valence-electron chi connectivity index (χ1n) is 13.5. The summed E-state index contributed by atoms with van der Waals surface area (Å²) in [5, 5.41) is 0. The first kappa shape index (κ1) is 24.1. The van der Waals surface area contributed by atoms with Gasteiger partial charge in [-0.3, -0.25) is 0 Å². The predicted octanol–water partition coefficient (Wildman–Crippen LogP) is 8.89. The molecule has 3 rings (SSSR count). The molecule has 0 amide bonds. The largest absolute Gasteiger partial charge is 0.122 e. The zero-order valence-electron chi connectivity index (χ0n) is 21.1. The Morgan fingerprint density at radius 1 is 1.00 bits per heavy atom. The van der Waals surface area contributed by atoms with Gasteiger partial charge in [-0.2, -0.15) is 0 Å². The SMILES string of the molecule is CCC1CC2C(C)C23C(CCCC(C)CC(C)C)C(CCCC(PC)C(C)C)C13. The second-order valence-electron chi connectivity index (χ2n) is 12.3. The first-order chi connectivity index (χ1) is 13.8. The second kappa shape index (κ2) is 9.92. The van der Waals surface area contributed by atoms with Gasteiger partial charge in [0.05, 0.1) is 0 Å². The Hall–Kier alpha value is 0.430. The molecule has 0 aromatic heterocycles. The Balaban J connectivity index is 1.58. The van der Waals surface area contributed by atoms with Gasteiger partial charge in [0.2, 0.25) is 0 Å². The number of hydrogen-bond acceptors (Lipinski definition) is 0. The molecule has 0 aliphatic heterocycles. The lowest BCUT2D eigenvalue weighted by molar-refractivity contribution is -0.0838. The van der Waals surface area contributed by atoms with Crippen molar-refractivity contribution in [2.45, 2.75) is 112 Å². The molecular formula is C28H53P. The van der Waals surface area contributed by atoms with E-state index in [2.05, 4.69) is 55.1 Å². The maximum atomic E-state index is 2.63. The lowest BCUT2D eigenvalue weighted by Gasteiger charge is -2.56. The normalized spacial score (nSPS) is 40.3. The fourth-order valence-electron chi connectivity index (χ4n) is 8.89. The lowest BCUT2D eigenvalue weighted by Crippen LogP contribution is -2.51. The van der Waals surface area contributed by atoms with E-state index in [0.29, 0.717) is 0 Å². The molecule has 0 aromatic carbocycles. The molecule has 10 unspecified atom stereocenters. The van der Waals surface area contributed by atoms with Gasteiger partial charge in [-0.05, 0) is 103 Å². The van der Waals surface area contributed by atoms with Crippen molar-refractivity contribution in [3.05, 3.63) is 0 Å². The molecule has 1 spiro atoms. The topological polar surface area (TPSA) is 0 Å². The highest BCUT2D eigenvalue weighted by Gasteiger charge is 2.81. The molecule has 0 saturated heterocycles. The number of hydrogen-bond donors (Lipinski definition) is 0. The smallest absolute Gasteiger partial charge is 0.0173 e. The monoisotopic (exact) mass is 420 g/mol. The van der Waals surface area contributed by atoms with Crippen molar-refractivity contribution in [3.63, 3.8) is 0 Å². The van der Waals surface area contributed by atoms with E-state index in [4.69, 9.17) is 0 Å². The molecule has 29 heavy (non-hydrogen) atoms. The molecule has 3 saturated carbocycles. The molecule has 3 fully saturated rings. The maximum Gasteiger partial charge on any atom is -0.0173 e. The van der Waals surface area contributed by atoms with Crippen LogP contribution >= 0.6 is 8.58 Å². The van der Waals surface area contributed by atoms with E-state index in [-0.39, 0.29) is 0 Å². The Kier molecular flexibility index (Phi) is 8.24. The van der Waals surface area contributed by atoms with Crippen molar-refractivity contribution in [1.29, 1.82) is 0 Å². The van der Waals surface area contributed by atoms with Crippen molar-refractivity contribution < 1.29 is 0 Å². The van der Waals surface area contributed by atoms with Crippen molar-refractivity contribution in [1.82, 2.24) is 0 Å². The van der Waals surface area contributed by atoms with Gasteiger partial charge >= 0.3 is 0 Å². The third-order valence-electron chi connectivity index (χ3n) is 10.0. The van der Waals surface area contributed by atoms with E-state index in [1.807, 2.05) is 0 Å². The fourth-order valence-corrected chi connectivity index (χ4v) is 10.0. The van der Waals surface area contributed by atoms with Gasteiger partial charge in [0.15, 0.2) is 0 Å². The molecule has 3 aliphatic carbocycles. The van der Waals surface area contributed by atoms with E-state index >= 15 is 0 Å². The van der Waals surface area contributed by atoms with Crippen LogP contribution in [0.5, 0.6) is 0 Å². The highest BCUT2D eigenvalue weighted by molar-refractivity contribution is 7.37. The second-order valence-corrected chi connectivity index (χ2v) is 13.6. The molecule has 170 valence electrons. The Bertz CT molecular complexity index is 510. The molecule has 0 N–H and O–H groups in total. The van der Waals surface area contributed by atoms with E-state index in [9.17, 15) is 0 Å². The van der Waals surface area contributed by atoms with Crippen molar-refractivity contribution in [2.75, 3.05) is 6.66 Å². The van der Waals surface area contributed by atoms with Crippen LogP contribution in [0.1, 0.15) is 106 Å². The molecule has 0 radical (unpaired) electrons. The van der Waals surface area contributed by atoms with Crippen molar-refractivity contribution in [3.8, 4) is 0 Å². The molecular weight excluding hydrogens is 367 g/mol. The van der Waals surface area contributed by atoms with Crippen LogP contribution in [-0.4, -0.2) is 12.3 Å². The van der Waals surface area contributed by atoms with E-state index in [1.54, 1.807) is 19.3 Å². The molecule has 0 heterocycles. The molecule has 0 aromatic rings. The van der Waals surface area contributed by atoms with Gasteiger partial charge in [0.1, 0.15) is 0 Å². The minimum atomic E-state index is 0.830. The standard InChI is InChI=1S/C28H53P/c1-9-22-17-25-21(7)28(25)24(14-10-12-20(6)16-18(2)3)23(27(22)28)13-11-15-26(29-8)19(4)5/h18-27,29H,9-17H2,1-8H3. The summed E-state index contributed by atoms with van der Waals surface area (Å²) in [5.41, 5.74) is 1.81. The van der Waals surface area contributed by atoms with Crippen molar-refractivity contribution in [2.24, 2.45) is 58.7 Å². The van der Waals surface area contributed by atoms with Gasteiger partial charge in [-0.15, -0.1) is 8.58 Å². The van der Waals surface area contributed by atoms with Crippen LogP contribution in [0.2, 0.25) is 0 Å². The van der Waals surface area contributed by atoms with Crippen LogP contribution in [0.25, 0.3) is 0 Å². The lowest BCUT2D eigenvalue weighted by atomic mass is 9.48. The molecule has 10 atom stereocenters. The molecule has 3 aliphatic rings. The van der Waals surface area contributed by atoms with E-state index < -0.39 is 0 Å². The van der Waals surface area contributed by atoms with Crippen LogP contribution in [0.4, 0.5) is 0 Å². The van der Waals surface area contributed by atoms with Crippen molar-refractivity contribution >= 4 is 8.58 Å². The maximum absolute atomic E-state index is 2.63. The summed E-state index contributed by atoms with van der Waals surface area (Å²) in [4.78, 5) is 0. The average Bonchev–Trinajstić information content (AvgIpc) is 3.12. The quantitative estimate of drug-likeness (QED) is 0.261. The number of rotatable bonds is 13. The zero-order valence-corrected chi connectivity index (χ0v) is 22.1. The van der Waals surface area contributed by atoms with E-state index in [0.717, 1.165) is 72.9 Å². The van der Waals surface area contributed by atoms with Gasteiger partial charge in [0, 0.05) is 0 Å². The predicted molar refractivity (Wildman–Crippen MR) is 133 cm³/mol. The third-order valence-corrected chi connectivity index (χ3v) is 11.7. The highest BCUT2D eigenvalue weighted by Crippen LogP contribution is 2.86. The molecule has 1 heteroatoms. The highest BCUT2D eigenvalue weighted by atomic mass is 31.1. The first-order valence-corrected chi connectivity index (χ1v) is 15.0. The van der Waals surface area contributed by atoms with Crippen LogP contribution in [-0.2, 0) is 0 Å². The molecule has 0 nitrogen and oxygen atoms in total. The summed E-state index contributed by atoms with van der Waals surface area (Å²) in [6, 6.07) is 0. The molecule has 0 bridgehead atoms. The zero-order chi connectivity index (χ0) is 21.3. The van der Waals surface area contributed by atoms with Crippen LogP contribution < -0.4 is 0 Å². The van der Waals surface area contributed by atoms with Gasteiger partial charge in [0.25, 0.3) is 0 Å². The third kappa shape index (κ3) is 4.50. The summed E-state index contributed by atoms with van der Waals surface area (Å²) >= 11 is 0. The summed E-state index contributed by atoms with van der Waals surface area (Å²) in [7, 11) is 1.13. The van der Waals surface area contributed by atoms with Gasteiger partial charge in [-0.25, -0.2) is 0 Å². The van der Waals surface area contributed by atoms with Gasteiger partial charge < -0.3 is 0 Å². The Morgan fingerprint density at radius 3 is 2.28 bits per heavy atom. The Morgan fingerprint density at radius 2 is 1.69 bits per heavy atom. The van der Waals surface area contributed by atoms with E-state index in [1.165, 1.54) is 38.5 Å².